The van der Waals surface area contributed by atoms with Crippen LogP contribution in [0.4, 0.5) is 0 Å². The van der Waals surface area contributed by atoms with Gasteiger partial charge in [-0.25, -0.2) is 9.97 Å². The van der Waals surface area contributed by atoms with Crippen LogP contribution in [0.1, 0.15) is 49.1 Å². The van der Waals surface area contributed by atoms with Crippen LogP contribution in [0.25, 0.3) is 0 Å². The number of ether oxygens (including phenoxy) is 1. The molecule has 3 fully saturated rings. The van der Waals surface area contributed by atoms with Crippen LogP contribution in [0.5, 0.6) is 11.5 Å². The number of phenolic OH excluding ortho intramolecular Hbond substituents is 1. The molecule has 5 aliphatic carbocycles. The maximum Gasteiger partial charge on any atom is 0.252 e. The number of rotatable bonds is 5. The average Bonchev–Trinajstić information content (AvgIpc) is 3.64. The summed E-state index contributed by atoms with van der Waals surface area (Å²) in [6.45, 7) is 2.32. The van der Waals surface area contributed by atoms with E-state index in [2.05, 4.69) is 27.0 Å². The summed E-state index contributed by atoms with van der Waals surface area (Å²) < 4.78 is 6.59. The fourth-order valence-corrected chi connectivity index (χ4v) is 8.70. The Morgan fingerprint density at radius 1 is 1.22 bits per heavy atom. The number of hydrogen-bond acceptors (Lipinski definition) is 7. The SMILES string of the molecule is CN(Cc1ncccn1)C(=O)C1=C[C@@]23CC[C@]1(O)[C@@H]1Oc4c(O)ccc5c4[C@@]12CCN(CC1CC1)[C@@H]3C5. The van der Waals surface area contributed by atoms with Crippen molar-refractivity contribution in [1.29, 1.82) is 0 Å². The molecule has 4 bridgehead atoms. The number of aliphatic hydroxyl groups is 1. The van der Waals surface area contributed by atoms with Crippen molar-refractivity contribution in [3.63, 3.8) is 0 Å². The molecule has 1 amide bonds. The van der Waals surface area contributed by atoms with Gasteiger partial charge in [0.25, 0.3) is 5.91 Å². The molecule has 1 saturated heterocycles. The van der Waals surface area contributed by atoms with Crippen molar-refractivity contribution in [3.05, 3.63) is 59.2 Å². The van der Waals surface area contributed by atoms with Gasteiger partial charge < -0.3 is 19.8 Å². The molecule has 2 saturated carbocycles. The minimum atomic E-state index is -1.42. The van der Waals surface area contributed by atoms with Crippen LogP contribution < -0.4 is 4.74 Å². The molecular weight excluding hydrogens is 468 g/mol. The largest absolute Gasteiger partial charge is 0.504 e. The summed E-state index contributed by atoms with van der Waals surface area (Å²) in [5, 5.41) is 23.3. The molecule has 2 aliphatic heterocycles. The lowest BCUT2D eigenvalue weighted by molar-refractivity contribution is -0.188. The van der Waals surface area contributed by atoms with Crippen molar-refractivity contribution in [2.75, 3.05) is 20.1 Å². The second-order valence-corrected chi connectivity index (χ2v) is 12.2. The number of amides is 1. The van der Waals surface area contributed by atoms with Crippen molar-refractivity contribution in [3.8, 4) is 11.5 Å². The van der Waals surface area contributed by atoms with Gasteiger partial charge in [0.05, 0.1) is 12.0 Å². The van der Waals surface area contributed by atoms with Gasteiger partial charge in [0.2, 0.25) is 0 Å². The highest BCUT2D eigenvalue weighted by molar-refractivity contribution is 5.97. The number of benzene rings is 1. The predicted octanol–water partition coefficient (Wildman–Crippen LogP) is 2.33. The van der Waals surface area contributed by atoms with Gasteiger partial charge in [-0.15, -0.1) is 0 Å². The number of phenols is 1. The third-order valence-corrected chi connectivity index (χ3v) is 10.4. The zero-order valence-corrected chi connectivity index (χ0v) is 21.1. The summed E-state index contributed by atoms with van der Waals surface area (Å²) in [4.78, 5) is 26.8. The molecule has 2 aromatic rings. The Hall–Kier alpha value is -2.97. The maximum atomic E-state index is 14.0. The van der Waals surface area contributed by atoms with Crippen molar-refractivity contribution < 1.29 is 19.7 Å². The Morgan fingerprint density at radius 3 is 2.81 bits per heavy atom. The molecule has 2 N–H and O–H groups in total. The maximum absolute atomic E-state index is 14.0. The van der Waals surface area contributed by atoms with Crippen molar-refractivity contribution in [2.45, 2.75) is 68.2 Å². The van der Waals surface area contributed by atoms with Crippen LogP contribution in [0.3, 0.4) is 0 Å². The molecule has 1 aromatic heterocycles. The number of aromatic hydroxyl groups is 1. The van der Waals surface area contributed by atoms with E-state index in [0.29, 0.717) is 23.6 Å². The summed E-state index contributed by atoms with van der Waals surface area (Å²) in [7, 11) is 1.74. The standard InChI is InChI=1S/C29H32N4O4/c1-32(16-22-30-10-2-11-31-22)25(35)19-14-27-7-8-29(19,36)26-28(27)9-12-33(15-17-3-4-17)21(27)13-18-5-6-20(34)24(37-26)23(18)28/h2,5-6,10-11,14,17,21,26,34,36H,3-4,7-9,12-13,15-16H2,1H3/t21-,26-,27-,28+,29-/m1/s1. The lowest BCUT2D eigenvalue weighted by Crippen LogP contribution is -2.78. The first-order valence-corrected chi connectivity index (χ1v) is 13.6. The van der Waals surface area contributed by atoms with E-state index in [1.807, 2.05) is 0 Å². The molecule has 192 valence electrons. The summed E-state index contributed by atoms with van der Waals surface area (Å²) in [6, 6.07) is 5.78. The Bertz CT molecular complexity index is 1360. The molecule has 8 heteroatoms. The molecular formula is C29H32N4O4. The van der Waals surface area contributed by atoms with E-state index in [4.69, 9.17) is 4.74 Å². The van der Waals surface area contributed by atoms with Crippen LogP contribution in [0.2, 0.25) is 0 Å². The number of likely N-dealkylation sites (tertiary alicyclic amines) is 1. The molecule has 3 heterocycles. The van der Waals surface area contributed by atoms with Gasteiger partial charge in [-0.3, -0.25) is 9.69 Å². The Morgan fingerprint density at radius 2 is 2.03 bits per heavy atom. The van der Waals surface area contributed by atoms with E-state index in [0.717, 1.165) is 43.8 Å². The van der Waals surface area contributed by atoms with E-state index < -0.39 is 17.1 Å². The monoisotopic (exact) mass is 500 g/mol. The molecule has 5 atom stereocenters. The van der Waals surface area contributed by atoms with Gasteiger partial charge in [-0.1, -0.05) is 12.1 Å². The van der Waals surface area contributed by atoms with Crippen molar-refractivity contribution in [2.24, 2.45) is 11.3 Å². The van der Waals surface area contributed by atoms with Crippen molar-refractivity contribution >= 4 is 5.91 Å². The highest BCUT2D eigenvalue weighted by atomic mass is 16.5. The lowest BCUT2D eigenvalue weighted by atomic mass is 9.38. The number of hydrogen-bond donors (Lipinski definition) is 2. The summed E-state index contributed by atoms with van der Waals surface area (Å²) in [5.41, 5.74) is 0.572. The molecule has 8 nitrogen and oxygen atoms in total. The van der Waals surface area contributed by atoms with Gasteiger partial charge in [0, 0.05) is 48.6 Å². The van der Waals surface area contributed by atoms with Crippen LogP contribution in [0, 0.1) is 11.3 Å². The lowest BCUT2D eigenvalue weighted by Gasteiger charge is -2.70. The van der Waals surface area contributed by atoms with Crippen LogP contribution in [0.15, 0.2) is 42.2 Å². The average molecular weight is 501 g/mol. The number of likely N-dealkylation sites (N-methyl/N-ethyl adjacent to an activating group) is 1. The summed E-state index contributed by atoms with van der Waals surface area (Å²) >= 11 is 0. The molecule has 37 heavy (non-hydrogen) atoms. The fraction of sp³-hybridized carbons (Fsp3) is 0.552. The van der Waals surface area contributed by atoms with Gasteiger partial charge in [-0.05, 0) is 68.7 Å². The topological polar surface area (TPSA) is 99.0 Å². The minimum Gasteiger partial charge on any atom is -0.504 e. The molecule has 0 unspecified atom stereocenters. The minimum absolute atomic E-state index is 0.130. The van der Waals surface area contributed by atoms with Gasteiger partial charge in [-0.2, -0.15) is 0 Å². The third-order valence-electron chi connectivity index (χ3n) is 10.4. The quantitative estimate of drug-likeness (QED) is 0.650. The second-order valence-electron chi connectivity index (χ2n) is 12.2. The van der Waals surface area contributed by atoms with E-state index >= 15 is 0 Å². The van der Waals surface area contributed by atoms with Gasteiger partial charge >= 0.3 is 0 Å². The third kappa shape index (κ3) is 2.63. The normalized spacial score (nSPS) is 36.5. The predicted molar refractivity (Wildman–Crippen MR) is 134 cm³/mol. The number of piperidine rings is 1. The van der Waals surface area contributed by atoms with Gasteiger partial charge in [0.15, 0.2) is 11.5 Å². The number of aromatic nitrogens is 2. The molecule has 0 radical (unpaired) electrons. The highest BCUT2D eigenvalue weighted by Gasteiger charge is 2.78. The molecule has 1 aromatic carbocycles. The Balaban J connectivity index is 1.28. The zero-order chi connectivity index (χ0) is 25.2. The Kier molecular flexibility index (Phi) is 4.24. The first kappa shape index (κ1) is 22.1. The molecule has 7 aliphatic rings. The molecule has 2 spiro atoms. The Labute approximate surface area is 216 Å². The van der Waals surface area contributed by atoms with Gasteiger partial charge in [0.1, 0.15) is 17.5 Å². The number of carbonyl (C=O) groups excluding carboxylic acids is 1. The first-order chi connectivity index (χ1) is 17.9. The summed E-state index contributed by atoms with van der Waals surface area (Å²) in [6.07, 6.45) is 10.5. The van der Waals surface area contributed by atoms with Crippen LogP contribution in [-0.4, -0.2) is 73.8 Å². The number of nitrogens with zero attached hydrogens (tertiary/aromatic N) is 4. The first-order valence-electron chi connectivity index (χ1n) is 13.6. The molecule has 9 rings (SSSR count). The van der Waals surface area contributed by atoms with Crippen molar-refractivity contribution in [1.82, 2.24) is 19.8 Å². The second kappa shape index (κ2) is 7.11. The highest BCUT2D eigenvalue weighted by Crippen LogP contribution is 2.74. The number of carbonyl (C=O) groups is 1. The van der Waals surface area contributed by atoms with Crippen LogP contribution >= 0.6 is 0 Å². The van der Waals surface area contributed by atoms with E-state index in [1.54, 1.807) is 36.5 Å². The number of fused-ring (bicyclic) bond motifs is 1. The zero-order valence-electron chi connectivity index (χ0n) is 21.1. The summed E-state index contributed by atoms with van der Waals surface area (Å²) in [5.74, 6) is 1.78. The smallest absolute Gasteiger partial charge is 0.252 e. The van der Waals surface area contributed by atoms with E-state index in [-0.39, 0.29) is 29.7 Å². The van der Waals surface area contributed by atoms with E-state index in [1.165, 1.54) is 18.4 Å². The van der Waals surface area contributed by atoms with Crippen LogP contribution in [-0.2, 0) is 23.2 Å². The fourth-order valence-electron chi connectivity index (χ4n) is 8.70. The van der Waals surface area contributed by atoms with E-state index in [9.17, 15) is 15.0 Å².